The topological polar surface area (TPSA) is 84.2 Å². The van der Waals surface area contributed by atoms with E-state index in [9.17, 15) is 14.7 Å². The van der Waals surface area contributed by atoms with Crippen molar-refractivity contribution in [2.75, 3.05) is 5.32 Å². The maximum atomic E-state index is 12.9. The zero-order chi connectivity index (χ0) is 22.0. The van der Waals surface area contributed by atoms with Gasteiger partial charge in [0.1, 0.15) is 0 Å². The van der Waals surface area contributed by atoms with Gasteiger partial charge in [-0.05, 0) is 23.6 Å². The van der Waals surface area contributed by atoms with Crippen molar-refractivity contribution in [3.8, 4) is 0 Å². The number of carboxylic acids is 1. The Morgan fingerprint density at radius 3 is 2.48 bits per heavy atom. The molecule has 2 heterocycles. The number of halogens is 1. The molecule has 0 amide bonds. The van der Waals surface area contributed by atoms with Crippen LogP contribution in [0.15, 0.2) is 72.1 Å². The van der Waals surface area contributed by atoms with Crippen molar-refractivity contribution in [2.45, 2.75) is 32.1 Å². The molecule has 0 saturated heterocycles. The highest BCUT2D eigenvalue weighted by Crippen LogP contribution is 2.44. The van der Waals surface area contributed by atoms with Crippen LogP contribution >= 0.6 is 11.6 Å². The van der Waals surface area contributed by atoms with E-state index in [1.54, 1.807) is 18.3 Å². The minimum atomic E-state index is -1.02. The van der Waals surface area contributed by atoms with Gasteiger partial charge in [0.2, 0.25) is 0 Å². The Morgan fingerprint density at radius 2 is 1.81 bits per heavy atom. The van der Waals surface area contributed by atoms with E-state index in [4.69, 9.17) is 11.6 Å². The Balaban J connectivity index is 1.80. The predicted molar refractivity (Wildman–Crippen MR) is 119 cm³/mol. The summed E-state index contributed by atoms with van der Waals surface area (Å²) in [6.07, 6.45) is 3.12. The van der Waals surface area contributed by atoms with Crippen LogP contribution in [0.3, 0.4) is 0 Å². The Labute approximate surface area is 185 Å². The van der Waals surface area contributed by atoms with Crippen molar-refractivity contribution in [2.24, 2.45) is 0 Å². The molecule has 0 bridgehead atoms. The van der Waals surface area contributed by atoms with Gasteiger partial charge in [0, 0.05) is 28.4 Å². The van der Waals surface area contributed by atoms with E-state index >= 15 is 0 Å². The largest absolute Gasteiger partial charge is 0.478 e. The Hall–Kier alpha value is -3.38. The number of rotatable bonds is 6. The number of fused-ring (bicyclic) bond motifs is 1. The fourth-order valence-corrected chi connectivity index (χ4v) is 4.19. The Bertz CT molecular complexity index is 1170. The summed E-state index contributed by atoms with van der Waals surface area (Å²) >= 11 is 6.47. The molecule has 0 spiro atoms. The number of nitrogens with one attached hydrogen (secondary N) is 1. The van der Waals surface area contributed by atoms with Crippen LogP contribution < -0.4 is 5.32 Å². The van der Waals surface area contributed by atoms with Gasteiger partial charge in [-0.3, -0.25) is 4.79 Å². The molecule has 3 aromatic rings. The minimum absolute atomic E-state index is 0.194. The summed E-state index contributed by atoms with van der Waals surface area (Å²) in [7, 11) is 0. The molecule has 1 aromatic heterocycles. The molecule has 6 nitrogen and oxygen atoms in total. The van der Waals surface area contributed by atoms with Gasteiger partial charge in [-0.25, -0.2) is 9.48 Å². The SMILES string of the molecule is CCCC1=C(C(=O)O)C(c2ccccc2Cl)c2cn(C(=O)Cc3ccccc3)nc2N1. The molecule has 158 valence electrons. The average molecular weight is 436 g/mol. The number of aromatic nitrogens is 2. The molecule has 1 unspecified atom stereocenters. The third-order valence-corrected chi connectivity index (χ3v) is 5.68. The molecule has 2 aromatic carbocycles. The van der Waals surface area contributed by atoms with E-state index in [1.165, 1.54) is 4.68 Å². The second-order valence-electron chi connectivity index (χ2n) is 7.46. The predicted octanol–water partition coefficient (Wildman–Crippen LogP) is 5.12. The number of benzene rings is 2. The van der Waals surface area contributed by atoms with Crippen molar-refractivity contribution in [3.63, 3.8) is 0 Å². The first kappa shape index (κ1) is 20.9. The van der Waals surface area contributed by atoms with Gasteiger partial charge in [-0.2, -0.15) is 0 Å². The highest BCUT2D eigenvalue weighted by atomic mass is 35.5. The van der Waals surface area contributed by atoms with Crippen molar-refractivity contribution >= 4 is 29.3 Å². The first-order valence-electron chi connectivity index (χ1n) is 10.1. The number of anilines is 1. The lowest BCUT2D eigenvalue weighted by molar-refractivity contribution is -0.133. The normalized spacial score (nSPS) is 15.4. The van der Waals surface area contributed by atoms with E-state index in [0.29, 0.717) is 34.1 Å². The second-order valence-corrected chi connectivity index (χ2v) is 7.87. The molecule has 0 aliphatic carbocycles. The van der Waals surface area contributed by atoms with Crippen LogP contribution in [0.2, 0.25) is 5.02 Å². The molecule has 0 saturated carbocycles. The molecule has 1 aliphatic heterocycles. The summed E-state index contributed by atoms with van der Waals surface area (Å²) < 4.78 is 1.29. The summed E-state index contributed by atoms with van der Waals surface area (Å²) in [5.41, 5.74) is 3.00. The minimum Gasteiger partial charge on any atom is -0.478 e. The van der Waals surface area contributed by atoms with Gasteiger partial charge in [0.05, 0.1) is 12.0 Å². The van der Waals surface area contributed by atoms with Gasteiger partial charge in [-0.1, -0.05) is 73.5 Å². The number of aliphatic carboxylic acids is 1. The molecule has 1 atom stereocenters. The molecule has 0 fully saturated rings. The van der Waals surface area contributed by atoms with Gasteiger partial charge >= 0.3 is 5.97 Å². The Kier molecular flexibility index (Phi) is 5.91. The number of carbonyl (C=O) groups excluding carboxylic acids is 1. The van der Waals surface area contributed by atoms with Crippen molar-refractivity contribution in [1.82, 2.24) is 9.78 Å². The summed E-state index contributed by atoms with van der Waals surface area (Å²) in [6, 6.07) is 16.6. The zero-order valence-electron chi connectivity index (χ0n) is 17.0. The standard InChI is InChI=1S/C24H22ClN3O3/c1-2-8-19-22(24(30)31)21(16-11-6-7-12-18(16)25)17-14-28(27-23(17)26-19)20(29)13-15-9-4-3-5-10-15/h3-7,9-12,14,21H,2,8,13H2,1H3,(H,26,27)(H,30,31). The quantitative estimate of drug-likeness (QED) is 0.561. The number of hydrogen-bond donors (Lipinski definition) is 2. The summed E-state index contributed by atoms with van der Waals surface area (Å²) in [6.45, 7) is 1.98. The second kappa shape index (κ2) is 8.78. The number of hydrogen-bond acceptors (Lipinski definition) is 4. The fraction of sp³-hybridized carbons (Fsp3) is 0.208. The third-order valence-electron chi connectivity index (χ3n) is 5.34. The van der Waals surface area contributed by atoms with Crippen molar-refractivity contribution in [3.05, 3.63) is 93.8 Å². The number of allylic oxidation sites excluding steroid dienone is 1. The van der Waals surface area contributed by atoms with E-state index in [2.05, 4.69) is 10.4 Å². The van der Waals surface area contributed by atoms with Gasteiger partial charge in [0.15, 0.2) is 5.82 Å². The highest BCUT2D eigenvalue weighted by Gasteiger charge is 2.36. The number of carbonyl (C=O) groups is 2. The molecular formula is C24H22ClN3O3. The van der Waals surface area contributed by atoms with Crippen LogP contribution in [0.4, 0.5) is 5.82 Å². The van der Waals surface area contributed by atoms with Crippen LogP contribution in [0.5, 0.6) is 0 Å². The molecule has 31 heavy (non-hydrogen) atoms. The maximum absolute atomic E-state index is 12.9. The van der Waals surface area contributed by atoms with Crippen LogP contribution in [0.25, 0.3) is 0 Å². The Morgan fingerprint density at radius 1 is 1.10 bits per heavy atom. The molecular weight excluding hydrogens is 414 g/mol. The van der Waals surface area contributed by atoms with Crippen LogP contribution in [0, 0.1) is 0 Å². The molecule has 2 N–H and O–H groups in total. The zero-order valence-corrected chi connectivity index (χ0v) is 17.8. The first-order valence-corrected chi connectivity index (χ1v) is 10.5. The maximum Gasteiger partial charge on any atom is 0.334 e. The lowest BCUT2D eigenvalue weighted by atomic mass is 9.82. The van der Waals surface area contributed by atoms with Gasteiger partial charge in [-0.15, -0.1) is 5.10 Å². The lowest BCUT2D eigenvalue weighted by Gasteiger charge is -2.27. The van der Waals surface area contributed by atoms with Crippen molar-refractivity contribution < 1.29 is 14.7 Å². The van der Waals surface area contributed by atoms with E-state index < -0.39 is 11.9 Å². The highest BCUT2D eigenvalue weighted by molar-refractivity contribution is 6.31. The molecule has 0 radical (unpaired) electrons. The fourth-order valence-electron chi connectivity index (χ4n) is 3.95. The van der Waals surface area contributed by atoms with E-state index in [0.717, 1.165) is 12.0 Å². The summed E-state index contributed by atoms with van der Waals surface area (Å²) in [5.74, 6) is -1.36. The van der Waals surface area contributed by atoms with Crippen molar-refractivity contribution in [1.29, 1.82) is 0 Å². The first-order chi connectivity index (χ1) is 15.0. The van der Waals surface area contributed by atoms with Gasteiger partial charge < -0.3 is 10.4 Å². The molecule has 4 rings (SSSR count). The van der Waals surface area contributed by atoms with E-state index in [1.807, 2.05) is 49.4 Å². The summed E-state index contributed by atoms with van der Waals surface area (Å²) in [5, 5.41) is 18.2. The van der Waals surface area contributed by atoms with E-state index in [-0.39, 0.29) is 17.9 Å². The molecule has 1 aliphatic rings. The van der Waals surface area contributed by atoms with Crippen LogP contribution in [-0.4, -0.2) is 26.8 Å². The van der Waals surface area contributed by atoms with Gasteiger partial charge in [0.25, 0.3) is 5.91 Å². The third kappa shape index (κ3) is 4.11. The number of carboxylic acid groups (broad SMARTS) is 1. The summed E-state index contributed by atoms with van der Waals surface area (Å²) in [4.78, 5) is 25.2. The van der Waals surface area contributed by atoms with Crippen LogP contribution in [0.1, 0.15) is 47.2 Å². The lowest BCUT2D eigenvalue weighted by Crippen LogP contribution is -2.23. The molecule has 7 heteroatoms. The monoisotopic (exact) mass is 435 g/mol. The number of nitrogens with zero attached hydrogens (tertiary/aromatic N) is 2. The average Bonchev–Trinajstić information content (AvgIpc) is 3.18. The van der Waals surface area contributed by atoms with Crippen LogP contribution in [-0.2, 0) is 11.2 Å². The smallest absolute Gasteiger partial charge is 0.334 e.